The van der Waals surface area contributed by atoms with Gasteiger partial charge in [-0.2, -0.15) is 0 Å². The number of rotatable bonds is 7. The van der Waals surface area contributed by atoms with E-state index in [9.17, 15) is 0 Å². The van der Waals surface area contributed by atoms with Gasteiger partial charge in [0.05, 0.1) is 19.8 Å². The minimum Gasteiger partial charge on any atom is -0.497 e. The van der Waals surface area contributed by atoms with Gasteiger partial charge in [0.2, 0.25) is 0 Å². The van der Waals surface area contributed by atoms with E-state index in [1.807, 2.05) is 12.1 Å². The smallest absolute Gasteiger partial charge is 0.191 e. The van der Waals surface area contributed by atoms with Gasteiger partial charge in [0.25, 0.3) is 0 Å². The van der Waals surface area contributed by atoms with E-state index in [2.05, 4.69) is 39.2 Å². The quantitative estimate of drug-likeness (QED) is 0.570. The lowest BCUT2D eigenvalue weighted by molar-refractivity contribution is 0.207. The van der Waals surface area contributed by atoms with Crippen molar-refractivity contribution in [3.8, 4) is 11.5 Å². The zero-order chi connectivity index (χ0) is 18.2. The van der Waals surface area contributed by atoms with Crippen molar-refractivity contribution < 1.29 is 9.47 Å². The molecule has 0 unspecified atom stereocenters. The maximum Gasteiger partial charge on any atom is 0.191 e. The molecule has 0 aliphatic heterocycles. The van der Waals surface area contributed by atoms with Gasteiger partial charge < -0.3 is 20.1 Å². The van der Waals surface area contributed by atoms with Crippen molar-refractivity contribution in [3.63, 3.8) is 0 Å². The first kappa shape index (κ1) is 18.6. The van der Waals surface area contributed by atoms with Crippen molar-refractivity contribution in [1.29, 1.82) is 0 Å². The second kappa shape index (κ2) is 9.48. The standard InChI is InChI=1S/C20H27N3O2S/c1-21-20(23-14-18-8-5-11-26-18)22-13-15-9-10-17(24-2)12-19(15)25-16-6-3-4-7-16/h5,8-12,16H,3-4,6-7,13-14H2,1-2H3,(H2,21,22,23). The predicted molar refractivity (Wildman–Crippen MR) is 107 cm³/mol. The van der Waals surface area contributed by atoms with Gasteiger partial charge in [-0.15, -0.1) is 11.3 Å². The van der Waals surface area contributed by atoms with Crippen LogP contribution >= 0.6 is 11.3 Å². The highest BCUT2D eigenvalue weighted by molar-refractivity contribution is 7.09. The van der Waals surface area contributed by atoms with Gasteiger partial charge in [0.15, 0.2) is 5.96 Å². The molecule has 2 aromatic rings. The number of nitrogens with one attached hydrogen (secondary N) is 2. The largest absolute Gasteiger partial charge is 0.497 e. The Hall–Kier alpha value is -2.21. The maximum absolute atomic E-state index is 6.26. The number of ether oxygens (including phenoxy) is 2. The summed E-state index contributed by atoms with van der Waals surface area (Å²) in [7, 11) is 3.47. The molecule has 0 saturated heterocycles. The highest BCUT2D eigenvalue weighted by Crippen LogP contribution is 2.30. The normalized spacial score (nSPS) is 15.1. The van der Waals surface area contributed by atoms with Crippen LogP contribution in [-0.2, 0) is 13.1 Å². The average molecular weight is 374 g/mol. The molecule has 3 rings (SSSR count). The molecule has 2 N–H and O–H groups in total. The van der Waals surface area contributed by atoms with Crippen molar-refractivity contribution in [2.45, 2.75) is 44.9 Å². The zero-order valence-electron chi connectivity index (χ0n) is 15.5. The van der Waals surface area contributed by atoms with E-state index in [-0.39, 0.29) is 0 Å². The van der Waals surface area contributed by atoms with E-state index in [0.717, 1.165) is 42.4 Å². The molecule has 1 aromatic carbocycles. The third-order valence-electron chi connectivity index (χ3n) is 4.55. The molecule has 26 heavy (non-hydrogen) atoms. The number of nitrogens with zero attached hydrogens (tertiary/aromatic N) is 1. The maximum atomic E-state index is 6.26. The Kier molecular flexibility index (Phi) is 6.77. The fourth-order valence-corrected chi connectivity index (χ4v) is 3.73. The predicted octanol–water partition coefficient (Wildman–Crippen LogP) is 3.94. The Bertz CT molecular complexity index is 710. The number of hydrogen-bond acceptors (Lipinski definition) is 4. The Morgan fingerprint density at radius 2 is 2.00 bits per heavy atom. The second-order valence-corrected chi connectivity index (χ2v) is 7.39. The van der Waals surface area contributed by atoms with Crippen LogP contribution in [0, 0.1) is 0 Å². The topological polar surface area (TPSA) is 54.9 Å². The number of hydrogen-bond donors (Lipinski definition) is 2. The van der Waals surface area contributed by atoms with Crippen molar-refractivity contribution in [3.05, 3.63) is 46.2 Å². The first-order valence-electron chi connectivity index (χ1n) is 9.09. The van der Waals surface area contributed by atoms with Crippen LogP contribution in [0.1, 0.15) is 36.1 Å². The summed E-state index contributed by atoms with van der Waals surface area (Å²) in [5, 5.41) is 8.80. The zero-order valence-corrected chi connectivity index (χ0v) is 16.3. The monoisotopic (exact) mass is 373 g/mol. The van der Waals surface area contributed by atoms with Gasteiger partial charge in [-0.25, -0.2) is 0 Å². The molecule has 6 heteroatoms. The summed E-state index contributed by atoms with van der Waals surface area (Å²) in [6.45, 7) is 1.42. The van der Waals surface area contributed by atoms with Crippen LogP contribution in [-0.4, -0.2) is 26.2 Å². The van der Waals surface area contributed by atoms with Crippen LogP contribution in [0.5, 0.6) is 11.5 Å². The third kappa shape index (κ3) is 5.14. The molecule has 1 heterocycles. The minimum atomic E-state index is 0.317. The number of benzene rings is 1. The van der Waals surface area contributed by atoms with Gasteiger partial charge in [-0.05, 0) is 49.3 Å². The van der Waals surface area contributed by atoms with Crippen LogP contribution in [0.2, 0.25) is 0 Å². The minimum absolute atomic E-state index is 0.317. The Morgan fingerprint density at radius 3 is 2.69 bits per heavy atom. The van der Waals surface area contributed by atoms with E-state index in [1.54, 1.807) is 25.5 Å². The molecule has 5 nitrogen and oxygen atoms in total. The summed E-state index contributed by atoms with van der Waals surface area (Å²) in [4.78, 5) is 5.58. The fraction of sp³-hybridized carbons (Fsp3) is 0.450. The number of aliphatic imine (C=N–C) groups is 1. The molecule has 0 atom stereocenters. The average Bonchev–Trinajstić information content (AvgIpc) is 3.36. The van der Waals surface area contributed by atoms with Gasteiger partial charge in [0.1, 0.15) is 11.5 Å². The Morgan fingerprint density at radius 1 is 1.19 bits per heavy atom. The molecule has 1 saturated carbocycles. The Balaban J connectivity index is 1.61. The number of guanidine groups is 1. The summed E-state index contributed by atoms with van der Waals surface area (Å²) in [6.07, 6.45) is 5.09. The molecule has 0 bridgehead atoms. The molecular weight excluding hydrogens is 346 g/mol. The summed E-state index contributed by atoms with van der Waals surface area (Å²) < 4.78 is 11.6. The summed E-state index contributed by atoms with van der Waals surface area (Å²) >= 11 is 1.73. The second-order valence-electron chi connectivity index (χ2n) is 6.36. The van der Waals surface area contributed by atoms with Crippen LogP contribution in [0.4, 0.5) is 0 Å². The van der Waals surface area contributed by atoms with Crippen molar-refractivity contribution in [2.24, 2.45) is 4.99 Å². The van der Waals surface area contributed by atoms with Gasteiger partial charge in [0, 0.05) is 30.1 Å². The van der Waals surface area contributed by atoms with E-state index in [4.69, 9.17) is 9.47 Å². The molecule has 0 radical (unpaired) electrons. The lowest BCUT2D eigenvalue weighted by Gasteiger charge is -2.18. The fourth-order valence-electron chi connectivity index (χ4n) is 3.09. The molecule has 140 valence electrons. The SMILES string of the molecule is CN=C(NCc1cccs1)NCc1ccc(OC)cc1OC1CCCC1. The lowest BCUT2D eigenvalue weighted by Crippen LogP contribution is -2.36. The highest BCUT2D eigenvalue weighted by atomic mass is 32.1. The first-order chi connectivity index (χ1) is 12.8. The lowest BCUT2D eigenvalue weighted by atomic mass is 10.2. The van der Waals surface area contributed by atoms with Crippen LogP contribution in [0.3, 0.4) is 0 Å². The molecule has 1 fully saturated rings. The van der Waals surface area contributed by atoms with Crippen molar-refractivity contribution in [2.75, 3.05) is 14.2 Å². The summed E-state index contributed by atoms with van der Waals surface area (Å²) in [5.74, 6) is 2.50. The van der Waals surface area contributed by atoms with Crippen LogP contribution in [0.25, 0.3) is 0 Å². The molecule has 0 spiro atoms. The summed E-state index contributed by atoms with van der Waals surface area (Å²) in [6, 6.07) is 10.2. The third-order valence-corrected chi connectivity index (χ3v) is 5.43. The van der Waals surface area contributed by atoms with Crippen LogP contribution < -0.4 is 20.1 Å². The number of thiophene rings is 1. The van der Waals surface area contributed by atoms with E-state index < -0.39 is 0 Å². The van der Waals surface area contributed by atoms with Gasteiger partial charge in [-0.3, -0.25) is 4.99 Å². The van der Waals surface area contributed by atoms with E-state index in [1.165, 1.54) is 17.7 Å². The first-order valence-corrected chi connectivity index (χ1v) is 9.97. The van der Waals surface area contributed by atoms with Gasteiger partial charge in [-0.1, -0.05) is 6.07 Å². The van der Waals surface area contributed by atoms with Crippen molar-refractivity contribution >= 4 is 17.3 Å². The van der Waals surface area contributed by atoms with E-state index in [0.29, 0.717) is 12.6 Å². The van der Waals surface area contributed by atoms with Crippen LogP contribution in [0.15, 0.2) is 40.7 Å². The van der Waals surface area contributed by atoms with Gasteiger partial charge >= 0.3 is 0 Å². The molecule has 1 aliphatic carbocycles. The molecule has 0 amide bonds. The van der Waals surface area contributed by atoms with E-state index >= 15 is 0 Å². The molecule has 1 aliphatic rings. The molecular formula is C20H27N3O2S. The number of methoxy groups -OCH3 is 1. The summed E-state index contributed by atoms with van der Waals surface area (Å²) in [5.41, 5.74) is 1.11. The molecule has 1 aromatic heterocycles. The highest BCUT2D eigenvalue weighted by Gasteiger charge is 2.18. The Labute approximate surface area is 159 Å². The van der Waals surface area contributed by atoms with Crippen molar-refractivity contribution in [1.82, 2.24) is 10.6 Å².